The topological polar surface area (TPSA) is 58.6 Å². The predicted molar refractivity (Wildman–Crippen MR) is 72.9 cm³/mol. The van der Waals surface area contributed by atoms with Crippen molar-refractivity contribution >= 4 is 21.4 Å². The molecule has 1 aromatic rings. The Morgan fingerprint density at radius 3 is 2.50 bits per heavy atom. The second kappa shape index (κ2) is 5.06. The van der Waals surface area contributed by atoms with E-state index in [1.165, 1.54) is 20.0 Å². The molecule has 18 heavy (non-hydrogen) atoms. The maximum atomic E-state index is 11.3. The van der Waals surface area contributed by atoms with Gasteiger partial charge in [-0.3, -0.25) is 4.72 Å². The molecule has 1 aliphatic heterocycles. The highest BCUT2D eigenvalue weighted by atomic mass is 32.2. The Morgan fingerprint density at radius 1 is 1.28 bits per heavy atom. The standard InChI is InChI=1S/C12H18N2O3S/c1-17-12-6-5-10(14-7-3-4-8-14)9-11(12)13-18(2,15)16/h5-6,9,13H,3-4,7-8H2,1-2H3. The fraction of sp³-hybridized carbons (Fsp3) is 0.500. The van der Waals surface area contributed by atoms with Crippen LogP contribution in [0.4, 0.5) is 11.4 Å². The minimum absolute atomic E-state index is 0.490. The van der Waals surface area contributed by atoms with E-state index in [9.17, 15) is 8.42 Å². The van der Waals surface area contributed by atoms with E-state index in [4.69, 9.17) is 4.74 Å². The van der Waals surface area contributed by atoms with Gasteiger partial charge in [-0.15, -0.1) is 0 Å². The van der Waals surface area contributed by atoms with Crippen molar-refractivity contribution in [2.24, 2.45) is 0 Å². The van der Waals surface area contributed by atoms with Crippen molar-refractivity contribution in [3.8, 4) is 5.75 Å². The monoisotopic (exact) mass is 270 g/mol. The largest absolute Gasteiger partial charge is 0.495 e. The van der Waals surface area contributed by atoms with E-state index in [0.29, 0.717) is 11.4 Å². The van der Waals surface area contributed by atoms with E-state index in [2.05, 4.69) is 9.62 Å². The maximum Gasteiger partial charge on any atom is 0.229 e. The quantitative estimate of drug-likeness (QED) is 0.904. The maximum absolute atomic E-state index is 11.3. The third-order valence-electron chi connectivity index (χ3n) is 2.95. The number of benzene rings is 1. The number of ether oxygens (including phenoxy) is 1. The molecule has 1 saturated heterocycles. The van der Waals surface area contributed by atoms with Crippen molar-refractivity contribution in [1.82, 2.24) is 0 Å². The van der Waals surface area contributed by atoms with Crippen molar-refractivity contribution in [2.75, 3.05) is 36.1 Å². The van der Waals surface area contributed by atoms with Crippen LogP contribution < -0.4 is 14.4 Å². The van der Waals surface area contributed by atoms with Gasteiger partial charge in [0.1, 0.15) is 5.75 Å². The Hall–Kier alpha value is -1.43. The Kier molecular flexibility index (Phi) is 3.65. The molecule has 0 saturated carbocycles. The highest BCUT2D eigenvalue weighted by Gasteiger charge is 2.15. The van der Waals surface area contributed by atoms with Crippen molar-refractivity contribution in [3.63, 3.8) is 0 Å². The van der Waals surface area contributed by atoms with Crippen LogP contribution in [0.3, 0.4) is 0 Å². The van der Waals surface area contributed by atoms with Crippen LogP contribution in [0.15, 0.2) is 18.2 Å². The minimum atomic E-state index is -3.30. The Morgan fingerprint density at radius 2 is 1.94 bits per heavy atom. The van der Waals surface area contributed by atoms with Crippen molar-refractivity contribution in [2.45, 2.75) is 12.8 Å². The second-order valence-corrected chi connectivity index (χ2v) is 6.20. The smallest absolute Gasteiger partial charge is 0.229 e. The number of hydrogen-bond donors (Lipinski definition) is 1. The van der Waals surface area contributed by atoms with Crippen molar-refractivity contribution in [1.29, 1.82) is 0 Å². The summed E-state index contributed by atoms with van der Waals surface area (Å²) < 4.78 is 30.3. The lowest BCUT2D eigenvalue weighted by atomic mass is 10.2. The second-order valence-electron chi connectivity index (χ2n) is 4.45. The molecule has 1 aliphatic rings. The molecule has 1 fully saturated rings. The van der Waals surface area contributed by atoms with Gasteiger partial charge in [0.05, 0.1) is 19.1 Å². The van der Waals surface area contributed by atoms with Gasteiger partial charge in [0.15, 0.2) is 0 Å². The summed E-state index contributed by atoms with van der Waals surface area (Å²) in [6.07, 6.45) is 3.50. The number of hydrogen-bond acceptors (Lipinski definition) is 4. The Bertz CT molecular complexity index is 522. The lowest BCUT2D eigenvalue weighted by molar-refractivity contribution is 0.417. The summed E-state index contributed by atoms with van der Waals surface area (Å²) in [5, 5.41) is 0. The van der Waals surface area contributed by atoms with E-state index in [-0.39, 0.29) is 0 Å². The van der Waals surface area contributed by atoms with Crippen molar-refractivity contribution < 1.29 is 13.2 Å². The van der Waals surface area contributed by atoms with E-state index in [0.717, 1.165) is 25.0 Å². The predicted octanol–water partition coefficient (Wildman–Crippen LogP) is 1.67. The van der Waals surface area contributed by atoms with Gasteiger partial charge >= 0.3 is 0 Å². The number of anilines is 2. The summed E-state index contributed by atoms with van der Waals surface area (Å²) in [4.78, 5) is 2.24. The zero-order valence-corrected chi connectivity index (χ0v) is 11.5. The summed E-state index contributed by atoms with van der Waals surface area (Å²) in [7, 11) is -1.77. The first kappa shape index (κ1) is 13.0. The van der Waals surface area contributed by atoms with Crippen LogP contribution in [-0.2, 0) is 10.0 Å². The van der Waals surface area contributed by atoms with Gasteiger partial charge in [0.2, 0.25) is 10.0 Å². The molecule has 5 nitrogen and oxygen atoms in total. The van der Waals surface area contributed by atoms with E-state index >= 15 is 0 Å². The van der Waals surface area contributed by atoms with Crippen LogP contribution in [0.5, 0.6) is 5.75 Å². The van der Waals surface area contributed by atoms with Gasteiger partial charge in [-0.05, 0) is 31.0 Å². The minimum Gasteiger partial charge on any atom is -0.495 e. The summed E-state index contributed by atoms with van der Waals surface area (Å²) >= 11 is 0. The molecule has 0 aromatic heterocycles. The van der Waals surface area contributed by atoms with Gasteiger partial charge in [0, 0.05) is 18.8 Å². The van der Waals surface area contributed by atoms with Gasteiger partial charge < -0.3 is 9.64 Å². The highest BCUT2D eigenvalue weighted by molar-refractivity contribution is 7.92. The molecule has 1 N–H and O–H groups in total. The first-order valence-electron chi connectivity index (χ1n) is 5.90. The van der Waals surface area contributed by atoms with Crippen LogP contribution >= 0.6 is 0 Å². The molecular formula is C12H18N2O3S. The van der Waals surface area contributed by atoms with Crippen LogP contribution in [0.2, 0.25) is 0 Å². The van der Waals surface area contributed by atoms with E-state index in [1.54, 1.807) is 6.07 Å². The van der Waals surface area contributed by atoms with Crippen LogP contribution in [-0.4, -0.2) is 34.9 Å². The highest BCUT2D eigenvalue weighted by Crippen LogP contribution is 2.31. The third-order valence-corrected chi connectivity index (χ3v) is 3.54. The Labute approximate surface area is 108 Å². The molecule has 2 rings (SSSR count). The molecule has 0 unspecified atom stereocenters. The average molecular weight is 270 g/mol. The molecule has 0 atom stereocenters. The third kappa shape index (κ3) is 3.07. The fourth-order valence-electron chi connectivity index (χ4n) is 2.15. The van der Waals surface area contributed by atoms with Crippen LogP contribution in [0.25, 0.3) is 0 Å². The van der Waals surface area contributed by atoms with Gasteiger partial charge in [-0.1, -0.05) is 0 Å². The molecule has 0 spiro atoms. The number of rotatable bonds is 4. The average Bonchev–Trinajstić information content (AvgIpc) is 2.80. The molecule has 0 amide bonds. The van der Waals surface area contributed by atoms with Gasteiger partial charge in [0.25, 0.3) is 0 Å². The zero-order valence-electron chi connectivity index (χ0n) is 10.6. The van der Waals surface area contributed by atoms with E-state index < -0.39 is 10.0 Å². The molecule has 0 bridgehead atoms. The van der Waals surface area contributed by atoms with Crippen LogP contribution in [0, 0.1) is 0 Å². The number of nitrogens with zero attached hydrogens (tertiary/aromatic N) is 1. The lowest BCUT2D eigenvalue weighted by Gasteiger charge is -2.19. The fourth-order valence-corrected chi connectivity index (χ4v) is 2.71. The van der Waals surface area contributed by atoms with Gasteiger partial charge in [-0.25, -0.2) is 8.42 Å². The summed E-state index contributed by atoms with van der Waals surface area (Å²) in [5.41, 5.74) is 1.52. The zero-order chi connectivity index (χ0) is 13.2. The molecule has 1 aromatic carbocycles. The molecule has 0 radical (unpaired) electrons. The van der Waals surface area contributed by atoms with Crippen molar-refractivity contribution in [3.05, 3.63) is 18.2 Å². The van der Waals surface area contributed by atoms with Gasteiger partial charge in [-0.2, -0.15) is 0 Å². The molecule has 0 aliphatic carbocycles. The van der Waals surface area contributed by atoms with Crippen LogP contribution in [0.1, 0.15) is 12.8 Å². The summed E-state index contributed by atoms with van der Waals surface area (Å²) in [6, 6.07) is 5.57. The molecular weight excluding hydrogens is 252 g/mol. The number of sulfonamides is 1. The molecule has 1 heterocycles. The first-order chi connectivity index (χ1) is 8.49. The summed E-state index contributed by atoms with van der Waals surface area (Å²) in [6.45, 7) is 2.04. The lowest BCUT2D eigenvalue weighted by Crippen LogP contribution is -2.18. The number of methoxy groups -OCH3 is 1. The first-order valence-corrected chi connectivity index (χ1v) is 7.79. The number of nitrogens with one attached hydrogen (secondary N) is 1. The molecule has 100 valence electrons. The normalized spacial score (nSPS) is 15.8. The Balaban J connectivity index is 2.32. The van der Waals surface area contributed by atoms with E-state index in [1.807, 2.05) is 12.1 Å². The summed E-state index contributed by atoms with van der Waals surface area (Å²) in [5.74, 6) is 0.531. The molecule has 6 heteroatoms. The SMILES string of the molecule is COc1ccc(N2CCCC2)cc1NS(C)(=O)=O.